The lowest BCUT2D eigenvalue weighted by atomic mass is 10.0. The van der Waals surface area contributed by atoms with Crippen molar-refractivity contribution in [3.63, 3.8) is 0 Å². The molecule has 0 amide bonds. The van der Waals surface area contributed by atoms with Crippen LogP contribution >= 0.6 is 0 Å². The Kier molecular flexibility index (Phi) is 5.69. The van der Waals surface area contributed by atoms with Crippen LogP contribution in [0.1, 0.15) is 30.2 Å². The maximum Gasteiger partial charge on any atom is 0.159 e. The van der Waals surface area contributed by atoms with Crippen molar-refractivity contribution >= 4 is 73.3 Å². The van der Waals surface area contributed by atoms with Crippen LogP contribution in [0, 0.1) is 0 Å². The first-order chi connectivity index (χ1) is 22.2. The van der Waals surface area contributed by atoms with Gasteiger partial charge in [0.2, 0.25) is 0 Å². The van der Waals surface area contributed by atoms with Gasteiger partial charge in [0.25, 0.3) is 0 Å². The van der Waals surface area contributed by atoms with Gasteiger partial charge in [0.15, 0.2) is 5.58 Å². The molecular formula is C40H30N4O. The molecule has 3 heterocycles. The van der Waals surface area contributed by atoms with Crippen LogP contribution in [0.15, 0.2) is 124 Å². The molecule has 3 aromatic heterocycles. The first-order valence-corrected chi connectivity index (χ1v) is 15.4. The van der Waals surface area contributed by atoms with Gasteiger partial charge in [0.05, 0.1) is 28.8 Å². The summed E-state index contributed by atoms with van der Waals surface area (Å²) >= 11 is 0. The van der Waals surface area contributed by atoms with Gasteiger partial charge < -0.3 is 13.6 Å². The number of para-hydroxylation sites is 3. The van der Waals surface area contributed by atoms with Gasteiger partial charge in [-0.3, -0.25) is 4.99 Å². The number of furan rings is 1. The summed E-state index contributed by atoms with van der Waals surface area (Å²) in [7, 11) is 0. The Bertz CT molecular complexity index is 2540. The van der Waals surface area contributed by atoms with Gasteiger partial charge in [-0.25, -0.2) is 4.99 Å². The quantitative estimate of drug-likeness (QED) is 0.150. The van der Waals surface area contributed by atoms with E-state index >= 15 is 0 Å². The van der Waals surface area contributed by atoms with E-state index in [0.717, 1.165) is 51.7 Å². The van der Waals surface area contributed by atoms with E-state index in [1.165, 1.54) is 44.0 Å². The van der Waals surface area contributed by atoms with Crippen molar-refractivity contribution in [1.29, 1.82) is 0 Å². The van der Waals surface area contributed by atoms with E-state index in [-0.39, 0.29) is 0 Å². The largest absolute Gasteiger partial charge is 0.454 e. The molecule has 5 heteroatoms. The van der Waals surface area contributed by atoms with Crippen molar-refractivity contribution in [2.45, 2.75) is 26.3 Å². The normalized spacial score (nSPS) is 13.5. The lowest BCUT2D eigenvalue weighted by Gasteiger charge is -2.13. The van der Waals surface area contributed by atoms with E-state index in [2.05, 4.69) is 135 Å². The number of rotatable bonds is 4. The third kappa shape index (κ3) is 3.80. The van der Waals surface area contributed by atoms with E-state index in [1.54, 1.807) is 0 Å². The number of aromatic nitrogens is 2. The Labute approximate surface area is 260 Å². The van der Waals surface area contributed by atoms with E-state index < -0.39 is 0 Å². The molecule has 0 bridgehead atoms. The van der Waals surface area contributed by atoms with E-state index in [0.29, 0.717) is 12.4 Å². The monoisotopic (exact) mass is 582 g/mol. The van der Waals surface area contributed by atoms with Crippen LogP contribution < -0.4 is 0 Å². The summed E-state index contributed by atoms with van der Waals surface area (Å²) < 4.78 is 11.6. The SMILES string of the molecule is C=NC(C)=NCc1cccc2oc3c(-n4c5c(c6cc7c(cc64)c4ccccc4n7-c4ccccc4)C=CCC5)cccc3c12. The summed E-state index contributed by atoms with van der Waals surface area (Å²) in [5.41, 5.74) is 11.3. The first-order valence-electron chi connectivity index (χ1n) is 15.4. The first kappa shape index (κ1) is 25.8. The number of hydrogen-bond donors (Lipinski definition) is 0. The van der Waals surface area contributed by atoms with Gasteiger partial charge in [-0.15, -0.1) is 0 Å². The number of hydrogen-bond acceptors (Lipinski definition) is 2. The van der Waals surface area contributed by atoms with Crippen LogP contribution in [0.3, 0.4) is 0 Å². The zero-order valence-electron chi connectivity index (χ0n) is 25.0. The molecule has 8 aromatic rings. The van der Waals surface area contributed by atoms with Gasteiger partial charge in [-0.1, -0.05) is 72.8 Å². The molecule has 0 unspecified atom stereocenters. The number of allylic oxidation sites excluding steroid dienone is 1. The predicted octanol–water partition coefficient (Wildman–Crippen LogP) is 10.2. The lowest BCUT2D eigenvalue weighted by molar-refractivity contribution is 0.664. The molecule has 0 saturated carbocycles. The van der Waals surface area contributed by atoms with Crippen molar-refractivity contribution in [2.75, 3.05) is 0 Å². The summed E-state index contributed by atoms with van der Waals surface area (Å²) in [5.74, 6) is 0.680. The molecule has 0 spiro atoms. The Morgan fingerprint density at radius 2 is 1.56 bits per heavy atom. The van der Waals surface area contributed by atoms with Crippen molar-refractivity contribution in [3.8, 4) is 11.4 Å². The number of amidine groups is 1. The molecule has 1 aliphatic rings. The highest BCUT2D eigenvalue weighted by molar-refractivity contribution is 6.15. The summed E-state index contributed by atoms with van der Waals surface area (Å²) in [6.07, 6.45) is 6.59. The van der Waals surface area contributed by atoms with Gasteiger partial charge in [-0.2, -0.15) is 0 Å². The van der Waals surface area contributed by atoms with E-state index in [1.807, 2.05) is 13.0 Å². The molecule has 0 aliphatic heterocycles. The molecule has 0 radical (unpaired) electrons. The highest BCUT2D eigenvalue weighted by Gasteiger charge is 2.24. The topological polar surface area (TPSA) is 47.7 Å². The number of nitrogens with zero attached hydrogens (tertiary/aromatic N) is 4. The van der Waals surface area contributed by atoms with Crippen LogP contribution in [-0.4, -0.2) is 21.7 Å². The molecule has 5 nitrogen and oxygen atoms in total. The van der Waals surface area contributed by atoms with Crippen LogP contribution in [0.5, 0.6) is 0 Å². The Hall–Kier alpha value is -5.68. The van der Waals surface area contributed by atoms with Gasteiger partial charge >= 0.3 is 0 Å². The fourth-order valence-corrected chi connectivity index (χ4v) is 7.27. The molecule has 216 valence electrons. The second kappa shape index (κ2) is 9.93. The van der Waals surface area contributed by atoms with Crippen molar-refractivity contribution in [1.82, 2.24) is 9.13 Å². The van der Waals surface area contributed by atoms with Gasteiger partial charge in [-0.05, 0) is 74.5 Å². The Balaban J connectivity index is 1.36. The summed E-state index contributed by atoms with van der Waals surface area (Å²) in [6.45, 7) is 6.02. The average Bonchev–Trinajstić information content (AvgIpc) is 3.74. The van der Waals surface area contributed by atoms with Gasteiger partial charge in [0.1, 0.15) is 11.4 Å². The van der Waals surface area contributed by atoms with Crippen LogP contribution in [0.2, 0.25) is 0 Å². The van der Waals surface area contributed by atoms with E-state index in [4.69, 9.17) is 4.42 Å². The van der Waals surface area contributed by atoms with Crippen LogP contribution in [0.25, 0.3) is 72.1 Å². The zero-order valence-corrected chi connectivity index (χ0v) is 25.0. The van der Waals surface area contributed by atoms with Crippen LogP contribution in [-0.2, 0) is 13.0 Å². The molecule has 0 fully saturated rings. The molecule has 1 aliphatic carbocycles. The summed E-state index contributed by atoms with van der Waals surface area (Å²) in [5, 5.41) is 5.94. The minimum absolute atomic E-state index is 0.525. The van der Waals surface area contributed by atoms with Crippen molar-refractivity contribution in [3.05, 3.63) is 126 Å². The maximum absolute atomic E-state index is 6.71. The minimum atomic E-state index is 0.525. The number of fused-ring (bicyclic) bond motifs is 9. The number of benzene rings is 5. The Morgan fingerprint density at radius 3 is 2.44 bits per heavy atom. The maximum atomic E-state index is 6.71. The predicted molar refractivity (Wildman–Crippen MR) is 189 cm³/mol. The average molecular weight is 583 g/mol. The fourth-order valence-electron chi connectivity index (χ4n) is 7.27. The fraction of sp³-hybridized carbons (Fsp3) is 0.100. The smallest absolute Gasteiger partial charge is 0.159 e. The second-order valence-electron chi connectivity index (χ2n) is 11.8. The highest BCUT2D eigenvalue weighted by Crippen LogP contribution is 2.42. The molecule has 0 N–H and O–H groups in total. The molecular weight excluding hydrogens is 552 g/mol. The van der Waals surface area contributed by atoms with E-state index in [9.17, 15) is 0 Å². The standard InChI is InChI=1S/C40H30N4O/c1-25(41-2)42-24-26-12-10-21-38-39(26)30-17-11-20-35(40(30)45-38)44-34-19-9-7-16-29(34)32-22-36-31(23-37(32)44)28-15-6-8-18-33(28)43(36)27-13-4-3-5-14-27/h3-8,10-18,20-23H,2,9,19,24H2,1H3. The lowest BCUT2D eigenvalue weighted by Crippen LogP contribution is -2.03. The van der Waals surface area contributed by atoms with Crippen molar-refractivity contribution in [2.24, 2.45) is 9.98 Å². The second-order valence-corrected chi connectivity index (χ2v) is 11.8. The zero-order chi connectivity index (χ0) is 30.1. The molecule has 9 rings (SSSR count). The summed E-state index contributed by atoms with van der Waals surface area (Å²) in [4.78, 5) is 8.61. The number of aliphatic imine (C=N–C) groups is 2. The molecule has 45 heavy (non-hydrogen) atoms. The minimum Gasteiger partial charge on any atom is -0.454 e. The van der Waals surface area contributed by atoms with Crippen LogP contribution in [0.4, 0.5) is 0 Å². The molecule has 5 aromatic carbocycles. The summed E-state index contributed by atoms with van der Waals surface area (Å²) in [6, 6.07) is 36.9. The van der Waals surface area contributed by atoms with Crippen molar-refractivity contribution < 1.29 is 4.42 Å². The third-order valence-corrected chi connectivity index (χ3v) is 9.28. The molecule has 0 atom stereocenters. The molecule has 0 saturated heterocycles. The highest BCUT2D eigenvalue weighted by atomic mass is 16.3. The Morgan fingerprint density at radius 1 is 0.778 bits per heavy atom. The third-order valence-electron chi connectivity index (χ3n) is 9.28. The van der Waals surface area contributed by atoms with Gasteiger partial charge in [0, 0.05) is 43.9 Å².